The van der Waals surface area contributed by atoms with E-state index in [0.29, 0.717) is 36.0 Å². The normalized spacial score (nSPS) is 15.5. The van der Waals surface area contributed by atoms with Crippen LogP contribution in [0.4, 0.5) is 0 Å². The van der Waals surface area contributed by atoms with Gasteiger partial charge in [-0.3, -0.25) is 14.3 Å². The first-order valence-electron chi connectivity index (χ1n) is 13.7. The quantitative estimate of drug-likeness (QED) is 0.367. The van der Waals surface area contributed by atoms with E-state index in [-0.39, 0.29) is 12.5 Å². The van der Waals surface area contributed by atoms with Crippen LogP contribution in [0.5, 0.6) is 17.4 Å². The molecule has 2 aliphatic heterocycles. The van der Waals surface area contributed by atoms with Crippen LogP contribution in [0.3, 0.4) is 0 Å². The summed E-state index contributed by atoms with van der Waals surface area (Å²) in [5, 5.41) is 0. The lowest BCUT2D eigenvalue weighted by molar-refractivity contribution is 0.0341. The average Bonchev–Trinajstić information content (AvgIpc) is 3.50. The van der Waals surface area contributed by atoms with Crippen molar-refractivity contribution in [3.63, 3.8) is 0 Å². The third-order valence-corrected chi connectivity index (χ3v) is 7.36. The van der Waals surface area contributed by atoms with Crippen LogP contribution in [0, 0.1) is 0 Å². The van der Waals surface area contributed by atoms with E-state index in [1.807, 2.05) is 24.4 Å². The predicted octanol–water partition coefficient (Wildman–Crippen LogP) is 3.82. The summed E-state index contributed by atoms with van der Waals surface area (Å²) in [4.78, 5) is 26.9. The third-order valence-electron chi connectivity index (χ3n) is 7.36. The molecule has 10 heteroatoms. The molecule has 6 rings (SSSR count). The SMILES string of the molecule is COc1cc(C(=O)N2CCOc3cc(ccc3OC)-c3nccn3-c3cc(CN4CCOCC4)cc(c3)C2)ccn1. The van der Waals surface area contributed by atoms with Crippen LogP contribution in [0.1, 0.15) is 21.5 Å². The molecule has 4 bridgehead atoms. The smallest absolute Gasteiger partial charge is 0.254 e. The van der Waals surface area contributed by atoms with E-state index in [1.54, 1.807) is 36.5 Å². The summed E-state index contributed by atoms with van der Waals surface area (Å²) in [5.74, 6) is 2.27. The highest BCUT2D eigenvalue weighted by atomic mass is 16.5. The Morgan fingerprint density at radius 1 is 0.927 bits per heavy atom. The van der Waals surface area contributed by atoms with Gasteiger partial charge in [0.2, 0.25) is 5.88 Å². The second kappa shape index (κ2) is 12.0. The van der Waals surface area contributed by atoms with Crippen molar-refractivity contribution in [2.45, 2.75) is 13.1 Å². The van der Waals surface area contributed by atoms with Gasteiger partial charge >= 0.3 is 0 Å². The van der Waals surface area contributed by atoms with Crippen LogP contribution in [0.25, 0.3) is 17.1 Å². The molecule has 2 aromatic carbocycles. The number of carbonyl (C=O) groups excluding carboxylic acids is 1. The lowest BCUT2D eigenvalue weighted by atomic mass is 10.1. The minimum absolute atomic E-state index is 0.131. The van der Waals surface area contributed by atoms with Gasteiger partial charge in [-0.25, -0.2) is 9.97 Å². The molecule has 41 heavy (non-hydrogen) atoms. The van der Waals surface area contributed by atoms with Crippen molar-refractivity contribution >= 4 is 5.91 Å². The van der Waals surface area contributed by atoms with Gasteiger partial charge in [0, 0.05) is 67.7 Å². The Balaban J connectivity index is 1.44. The number of aromatic nitrogens is 3. The van der Waals surface area contributed by atoms with Crippen LogP contribution in [0.15, 0.2) is 67.1 Å². The number of ether oxygens (including phenoxy) is 4. The molecule has 10 nitrogen and oxygen atoms in total. The second-order valence-corrected chi connectivity index (χ2v) is 10.0. The number of hydrogen-bond acceptors (Lipinski definition) is 8. The fourth-order valence-electron chi connectivity index (χ4n) is 5.31. The van der Waals surface area contributed by atoms with E-state index >= 15 is 0 Å². The molecular weight excluding hydrogens is 522 g/mol. The van der Waals surface area contributed by atoms with E-state index in [4.69, 9.17) is 23.9 Å². The van der Waals surface area contributed by atoms with Crippen molar-refractivity contribution in [1.82, 2.24) is 24.3 Å². The number of nitrogens with zero attached hydrogens (tertiary/aromatic N) is 5. The first-order chi connectivity index (χ1) is 20.1. The number of benzene rings is 2. The molecule has 0 atom stereocenters. The summed E-state index contributed by atoms with van der Waals surface area (Å²) < 4.78 is 24.7. The van der Waals surface area contributed by atoms with Gasteiger partial charge in [0.25, 0.3) is 5.91 Å². The highest BCUT2D eigenvalue weighted by molar-refractivity contribution is 5.94. The fraction of sp³-hybridized carbons (Fsp3) is 0.323. The summed E-state index contributed by atoms with van der Waals surface area (Å²) in [7, 11) is 3.15. The van der Waals surface area contributed by atoms with Gasteiger partial charge in [0.15, 0.2) is 11.5 Å². The number of carbonyl (C=O) groups is 1. The van der Waals surface area contributed by atoms with Crippen LogP contribution in [-0.4, -0.2) is 83.9 Å². The Bertz CT molecular complexity index is 1530. The summed E-state index contributed by atoms with van der Waals surface area (Å²) in [5.41, 5.74) is 4.57. The maximum Gasteiger partial charge on any atom is 0.254 e. The van der Waals surface area contributed by atoms with Gasteiger partial charge in [-0.15, -0.1) is 0 Å². The zero-order chi connectivity index (χ0) is 28.2. The molecule has 4 heterocycles. The van der Waals surface area contributed by atoms with Gasteiger partial charge in [0.1, 0.15) is 12.4 Å². The molecule has 212 valence electrons. The molecule has 0 radical (unpaired) electrons. The molecule has 0 N–H and O–H groups in total. The lowest BCUT2D eigenvalue weighted by Gasteiger charge is -2.27. The zero-order valence-electron chi connectivity index (χ0n) is 23.3. The number of rotatable bonds is 5. The standard InChI is InChI=1S/C31H33N5O5/c1-38-27-4-3-24-18-28(27)41-14-11-35(31(37)25-5-6-32-29(19-25)39-2)21-23-15-22(20-34-9-12-40-13-10-34)16-26(17-23)36-8-7-33-30(24)36/h3-8,15-19H,9-14,20-21H2,1-2H3. The van der Waals surface area contributed by atoms with Crippen molar-refractivity contribution in [2.75, 3.05) is 53.7 Å². The summed E-state index contributed by atoms with van der Waals surface area (Å²) in [6.45, 7) is 5.07. The van der Waals surface area contributed by atoms with Gasteiger partial charge in [-0.05, 0) is 47.5 Å². The van der Waals surface area contributed by atoms with Crippen molar-refractivity contribution in [3.05, 3.63) is 83.8 Å². The van der Waals surface area contributed by atoms with Crippen LogP contribution in [0.2, 0.25) is 0 Å². The number of amides is 1. The van der Waals surface area contributed by atoms with E-state index in [1.165, 1.54) is 12.7 Å². The van der Waals surface area contributed by atoms with Gasteiger partial charge < -0.3 is 23.8 Å². The van der Waals surface area contributed by atoms with E-state index in [2.05, 4.69) is 32.7 Å². The number of pyridine rings is 1. The van der Waals surface area contributed by atoms with Crippen molar-refractivity contribution < 1.29 is 23.7 Å². The highest BCUT2D eigenvalue weighted by Crippen LogP contribution is 2.33. The van der Waals surface area contributed by atoms with E-state index in [0.717, 1.165) is 55.5 Å². The molecule has 0 spiro atoms. The zero-order valence-corrected chi connectivity index (χ0v) is 23.3. The Labute approximate surface area is 239 Å². The lowest BCUT2D eigenvalue weighted by Crippen LogP contribution is -2.36. The Hall–Kier alpha value is -4.41. The molecule has 0 saturated carbocycles. The molecule has 2 aliphatic rings. The molecule has 1 fully saturated rings. The van der Waals surface area contributed by atoms with Crippen molar-refractivity contribution in [3.8, 4) is 34.5 Å². The first kappa shape index (κ1) is 26.8. The molecule has 0 aliphatic carbocycles. The number of fused-ring (bicyclic) bond motifs is 7. The molecular formula is C31H33N5O5. The third kappa shape index (κ3) is 5.89. The second-order valence-electron chi connectivity index (χ2n) is 10.0. The van der Waals surface area contributed by atoms with E-state index < -0.39 is 0 Å². The highest BCUT2D eigenvalue weighted by Gasteiger charge is 2.21. The number of morpholine rings is 1. The number of hydrogen-bond donors (Lipinski definition) is 0. The maximum atomic E-state index is 13.8. The van der Waals surface area contributed by atoms with E-state index in [9.17, 15) is 4.79 Å². The molecule has 2 aromatic heterocycles. The summed E-state index contributed by atoms with van der Waals surface area (Å²) in [6.07, 6.45) is 5.34. The predicted molar refractivity (Wildman–Crippen MR) is 153 cm³/mol. The van der Waals surface area contributed by atoms with Crippen LogP contribution in [-0.2, 0) is 17.8 Å². The van der Waals surface area contributed by atoms with Crippen LogP contribution < -0.4 is 14.2 Å². The monoisotopic (exact) mass is 555 g/mol. The fourth-order valence-corrected chi connectivity index (χ4v) is 5.31. The number of imidazole rings is 1. The molecule has 1 saturated heterocycles. The Morgan fingerprint density at radius 3 is 2.63 bits per heavy atom. The molecule has 0 unspecified atom stereocenters. The topological polar surface area (TPSA) is 91.2 Å². The van der Waals surface area contributed by atoms with Crippen molar-refractivity contribution in [2.24, 2.45) is 0 Å². The summed E-state index contributed by atoms with van der Waals surface area (Å²) in [6, 6.07) is 15.7. The summed E-state index contributed by atoms with van der Waals surface area (Å²) >= 11 is 0. The van der Waals surface area contributed by atoms with Gasteiger partial charge in [-0.2, -0.15) is 0 Å². The van der Waals surface area contributed by atoms with Gasteiger partial charge in [-0.1, -0.05) is 6.07 Å². The van der Waals surface area contributed by atoms with Gasteiger partial charge in [0.05, 0.1) is 34.0 Å². The van der Waals surface area contributed by atoms with Crippen molar-refractivity contribution in [1.29, 1.82) is 0 Å². The maximum absolute atomic E-state index is 13.8. The minimum atomic E-state index is -0.131. The van der Waals surface area contributed by atoms with Crippen LogP contribution >= 0.6 is 0 Å². The molecule has 4 aromatic rings. The molecule has 1 amide bonds. The average molecular weight is 556 g/mol. The Kier molecular flexibility index (Phi) is 7.84. The number of methoxy groups -OCH3 is 2. The largest absolute Gasteiger partial charge is 0.493 e. The minimum Gasteiger partial charge on any atom is -0.493 e. The Morgan fingerprint density at radius 2 is 1.80 bits per heavy atom. The first-order valence-corrected chi connectivity index (χ1v) is 13.7.